The molecule has 1 amide bonds. The lowest BCUT2D eigenvalue weighted by molar-refractivity contribution is -0.384. The number of benzene rings is 2. The Labute approximate surface area is 141 Å². The number of rotatable bonds is 4. The summed E-state index contributed by atoms with van der Waals surface area (Å²) in [5.41, 5.74) is 2.17. The van der Waals surface area contributed by atoms with Crippen LogP contribution in [0.1, 0.15) is 16.1 Å². The molecule has 1 N–H and O–H groups in total. The van der Waals surface area contributed by atoms with Gasteiger partial charge in [-0.1, -0.05) is 41.7 Å². The molecule has 7 heteroatoms. The number of nitrogens with zero attached hydrogens (tertiary/aromatic N) is 2. The third-order valence-electron chi connectivity index (χ3n) is 3.39. The predicted octanol–water partition coefficient (Wildman–Crippen LogP) is 4.28. The average molecular weight is 339 g/mol. The summed E-state index contributed by atoms with van der Waals surface area (Å²) in [6.45, 7) is 1.89. The Morgan fingerprint density at radius 3 is 2.42 bits per heavy atom. The van der Waals surface area contributed by atoms with E-state index in [-0.39, 0.29) is 11.6 Å². The van der Waals surface area contributed by atoms with Crippen LogP contribution in [0.2, 0.25) is 0 Å². The van der Waals surface area contributed by atoms with E-state index < -0.39 is 4.92 Å². The number of hydrogen-bond acceptors (Lipinski definition) is 5. The van der Waals surface area contributed by atoms with E-state index in [9.17, 15) is 14.9 Å². The van der Waals surface area contributed by atoms with Crippen molar-refractivity contribution in [1.82, 2.24) is 4.98 Å². The minimum atomic E-state index is -0.502. The second-order valence-electron chi connectivity index (χ2n) is 5.06. The van der Waals surface area contributed by atoms with E-state index in [1.54, 1.807) is 0 Å². The first-order valence-electron chi connectivity index (χ1n) is 7.13. The lowest BCUT2D eigenvalue weighted by Gasteiger charge is -2.01. The van der Waals surface area contributed by atoms with Gasteiger partial charge in [-0.15, -0.1) is 0 Å². The first kappa shape index (κ1) is 15.8. The van der Waals surface area contributed by atoms with Gasteiger partial charge < -0.3 is 0 Å². The summed E-state index contributed by atoms with van der Waals surface area (Å²) in [7, 11) is 0. The summed E-state index contributed by atoms with van der Waals surface area (Å²) < 4.78 is 0. The molecular weight excluding hydrogens is 326 g/mol. The zero-order chi connectivity index (χ0) is 17.1. The van der Waals surface area contributed by atoms with Gasteiger partial charge in [0, 0.05) is 17.7 Å². The molecule has 3 rings (SSSR count). The van der Waals surface area contributed by atoms with Crippen LogP contribution < -0.4 is 5.32 Å². The fourth-order valence-electron chi connectivity index (χ4n) is 2.21. The zero-order valence-corrected chi connectivity index (χ0v) is 13.5. The van der Waals surface area contributed by atoms with Crippen molar-refractivity contribution >= 4 is 28.1 Å². The van der Waals surface area contributed by atoms with Crippen molar-refractivity contribution in [1.29, 1.82) is 0 Å². The molecule has 0 aliphatic heterocycles. The molecule has 0 saturated heterocycles. The number of non-ortho nitro benzene ring substituents is 1. The van der Waals surface area contributed by atoms with Crippen molar-refractivity contribution in [2.75, 3.05) is 5.32 Å². The minimum Gasteiger partial charge on any atom is -0.298 e. The van der Waals surface area contributed by atoms with Crippen LogP contribution in [0.5, 0.6) is 0 Å². The number of hydrogen-bond donors (Lipinski definition) is 1. The van der Waals surface area contributed by atoms with Gasteiger partial charge in [-0.25, -0.2) is 4.98 Å². The van der Waals surface area contributed by atoms with Crippen LogP contribution in [-0.2, 0) is 0 Å². The number of carbonyl (C=O) groups is 1. The summed E-state index contributed by atoms with van der Waals surface area (Å²) in [6, 6.07) is 15.3. The standard InChI is InChI=1S/C17H13N3O3S/c1-11-15(12-5-3-2-4-6-12)24-17(18-11)19-16(21)13-7-9-14(10-8-13)20(22)23/h2-10H,1H3,(H,18,19,21). The monoisotopic (exact) mass is 339 g/mol. The van der Waals surface area contributed by atoms with Crippen LogP contribution in [-0.4, -0.2) is 15.8 Å². The summed E-state index contributed by atoms with van der Waals surface area (Å²) in [4.78, 5) is 27.8. The Balaban J connectivity index is 1.79. The fourth-order valence-corrected chi connectivity index (χ4v) is 3.18. The molecule has 0 radical (unpaired) electrons. The number of aromatic nitrogens is 1. The molecule has 0 bridgehead atoms. The van der Waals surface area contributed by atoms with Crippen molar-refractivity contribution in [3.8, 4) is 10.4 Å². The number of nitro groups is 1. The first-order valence-corrected chi connectivity index (χ1v) is 7.95. The maximum absolute atomic E-state index is 12.2. The number of nitro benzene ring substituents is 1. The molecule has 0 aliphatic carbocycles. The normalized spacial score (nSPS) is 10.4. The molecule has 120 valence electrons. The van der Waals surface area contributed by atoms with Gasteiger partial charge in [0.05, 0.1) is 15.5 Å². The van der Waals surface area contributed by atoms with Crippen LogP contribution in [0.15, 0.2) is 54.6 Å². The predicted molar refractivity (Wildman–Crippen MR) is 93.3 cm³/mol. The van der Waals surface area contributed by atoms with E-state index in [0.29, 0.717) is 10.7 Å². The largest absolute Gasteiger partial charge is 0.298 e. The first-order chi connectivity index (χ1) is 11.5. The topological polar surface area (TPSA) is 85.1 Å². The van der Waals surface area contributed by atoms with Crippen molar-refractivity contribution < 1.29 is 9.72 Å². The Morgan fingerprint density at radius 2 is 1.79 bits per heavy atom. The molecule has 0 saturated carbocycles. The maximum atomic E-state index is 12.2. The summed E-state index contributed by atoms with van der Waals surface area (Å²) in [5, 5.41) is 13.9. The van der Waals surface area contributed by atoms with Gasteiger partial charge in [0.15, 0.2) is 5.13 Å². The van der Waals surface area contributed by atoms with Crippen molar-refractivity contribution in [3.63, 3.8) is 0 Å². The molecule has 0 atom stereocenters. The molecule has 1 heterocycles. The molecule has 1 aromatic heterocycles. The SMILES string of the molecule is Cc1nc(NC(=O)c2ccc([N+](=O)[O-])cc2)sc1-c1ccccc1. The average Bonchev–Trinajstić information content (AvgIpc) is 2.96. The van der Waals surface area contributed by atoms with E-state index in [2.05, 4.69) is 10.3 Å². The highest BCUT2D eigenvalue weighted by atomic mass is 32.1. The third-order valence-corrected chi connectivity index (χ3v) is 4.52. The van der Waals surface area contributed by atoms with Crippen LogP contribution in [0.25, 0.3) is 10.4 Å². The van der Waals surface area contributed by atoms with Crippen molar-refractivity contribution in [2.24, 2.45) is 0 Å². The Hall–Kier alpha value is -3.06. The quantitative estimate of drug-likeness (QED) is 0.568. The zero-order valence-electron chi connectivity index (χ0n) is 12.7. The molecule has 2 aromatic carbocycles. The lowest BCUT2D eigenvalue weighted by Crippen LogP contribution is -2.11. The van der Waals surface area contributed by atoms with Crippen LogP contribution >= 0.6 is 11.3 Å². The smallest absolute Gasteiger partial charge is 0.269 e. The molecule has 0 spiro atoms. The Kier molecular flexibility index (Phi) is 4.35. The van der Waals surface area contributed by atoms with Gasteiger partial charge in [-0.3, -0.25) is 20.2 Å². The summed E-state index contributed by atoms with van der Waals surface area (Å²) >= 11 is 1.39. The number of aryl methyl sites for hydroxylation is 1. The molecule has 6 nitrogen and oxygen atoms in total. The second kappa shape index (κ2) is 6.59. The fraction of sp³-hybridized carbons (Fsp3) is 0.0588. The Morgan fingerprint density at radius 1 is 1.12 bits per heavy atom. The number of carbonyl (C=O) groups excluding carboxylic acids is 1. The van der Waals surface area contributed by atoms with Crippen molar-refractivity contribution in [3.05, 3.63) is 76.0 Å². The number of nitrogens with one attached hydrogen (secondary N) is 1. The van der Waals surface area contributed by atoms with Gasteiger partial charge in [-0.2, -0.15) is 0 Å². The molecule has 3 aromatic rings. The van der Waals surface area contributed by atoms with Gasteiger partial charge in [-0.05, 0) is 24.6 Å². The minimum absolute atomic E-state index is 0.0528. The van der Waals surface area contributed by atoms with Crippen LogP contribution in [0, 0.1) is 17.0 Å². The lowest BCUT2D eigenvalue weighted by atomic mass is 10.2. The molecule has 0 unspecified atom stereocenters. The highest BCUT2D eigenvalue weighted by Crippen LogP contribution is 2.32. The number of amides is 1. The molecule has 0 aliphatic rings. The second-order valence-corrected chi connectivity index (χ2v) is 6.06. The Bertz CT molecular complexity index is 889. The van der Waals surface area contributed by atoms with E-state index >= 15 is 0 Å². The van der Waals surface area contributed by atoms with Gasteiger partial charge >= 0.3 is 0 Å². The third kappa shape index (κ3) is 3.31. The highest BCUT2D eigenvalue weighted by Gasteiger charge is 2.14. The van der Waals surface area contributed by atoms with Gasteiger partial charge in [0.2, 0.25) is 0 Å². The van der Waals surface area contributed by atoms with E-state index in [1.165, 1.54) is 35.6 Å². The van der Waals surface area contributed by atoms with Crippen LogP contribution in [0.3, 0.4) is 0 Å². The van der Waals surface area contributed by atoms with E-state index in [4.69, 9.17) is 0 Å². The van der Waals surface area contributed by atoms with Crippen LogP contribution in [0.4, 0.5) is 10.8 Å². The van der Waals surface area contributed by atoms with Gasteiger partial charge in [0.25, 0.3) is 11.6 Å². The summed E-state index contributed by atoms with van der Waals surface area (Å²) in [6.07, 6.45) is 0. The van der Waals surface area contributed by atoms with E-state index in [1.807, 2.05) is 37.3 Å². The van der Waals surface area contributed by atoms with Crippen molar-refractivity contribution in [2.45, 2.75) is 6.92 Å². The number of thiazole rings is 1. The van der Waals surface area contributed by atoms with Gasteiger partial charge in [0.1, 0.15) is 0 Å². The highest BCUT2D eigenvalue weighted by molar-refractivity contribution is 7.19. The van der Waals surface area contributed by atoms with E-state index in [0.717, 1.165) is 16.1 Å². The molecule has 0 fully saturated rings. The summed E-state index contributed by atoms with van der Waals surface area (Å²) in [5.74, 6) is -0.349. The maximum Gasteiger partial charge on any atom is 0.269 e. The number of anilines is 1. The molecular formula is C17H13N3O3S. The molecule has 24 heavy (non-hydrogen) atoms.